The van der Waals surface area contributed by atoms with Crippen LogP contribution in [0.2, 0.25) is 0 Å². The zero-order valence-electron chi connectivity index (χ0n) is 13.9. The van der Waals surface area contributed by atoms with E-state index < -0.39 is 0 Å². The van der Waals surface area contributed by atoms with Crippen molar-refractivity contribution in [3.05, 3.63) is 89.3 Å². The smallest absolute Gasteiger partial charge is 0.228 e. The van der Waals surface area contributed by atoms with Crippen molar-refractivity contribution >= 4 is 33.2 Å². The summed E-state index contributed by atoms with van der Waals surface area (Å²) in [4.78, 5) is 16.5. The number of halogens is 1. The summed E-state index contributed by atoms with van der Waals surface area (Å²) in [6.07, 6.45) is 6.11. The summed E-state index contributed by atoms with van der Waals surface area (Å²) in [6.45, 7) is 0. The number of hydrogen-bond donors (Lipinski definition) is 1. The van der Waals surface area contributed by atoms with Crippen LogP contribution < -0.4 is 5.32 Å². The lowest BCUT2D eigenvalue weighted by molar-refractivity contribution is -0.115. The van der Waals surface area contributed by atoms with E-state index in [0.717, 1.165) is 32.5 Å². The van der Waals surface area contributed by atoms with Crippen LogP contribution in [0.1, 0.15) is 5.56 Å². The third-order valence-corrected chi connectivity index (χ3v) is 4.64. The molecule has 5 heteroatoms. The van der Waals surface area contributed by atoms with Crippen molar-refractivity contribution < 1.29 is 4.79 Å². The molecule has 0 aliphatic heterocycles. The molecule has 0 radical (unpaired) electrons. The van der Waals surface area contributed by atoms with Crippen LogP contribution in [0.25, 0.3) is 16.8 Å². The molecule has 2 aromatic carbocycles. The largest absolute Gasteiger partial charge is 0.326 e. The Morgan fingerprint density at radius 1 is 1.04 bits per heavy atom. The summed E-state index contributed by atoms with van der Waals surface area (Å²) < 4.78 is 2.93. The maximum Gasteiger partial charge on any atom is 0.228 e. The number of fused-ring (bicyclic) bond motifs is 1. The highest BCUT2D eigenvalue weighted by atomic mass is 79.9. The first-order chi connectivity index (χ1) is 12.7. The van der Waals surface area contributed by atoms with Crippen molar-refractivity contribution in [2.45, 2.75) is 6.42 Å². The summed E-state index contributed by atoms with van der Waals surface area (Å²) >= 11 is 3.40. The van der Waals surface area contributed by atoms with Crippen molar-refractivity contribution in [1.29, 1.82) is 0 Å². The standard InChI is InChI=1S/C21H16BrN3O/c22-18-2-1-3-19(13-18)24-21(26)12-15-4-6-16(7-5-15)17-8-9-20-23-10-11-25(20)14-17/h1-11,13-14H,12H2,(H,24,26). The van der Waals surface area contributed by atoms with E-state index in [9.17, 15) is 4.79 Å². The Morgan fingerprint density at radius 3 is 2.65 bits per heavy atom. The van der Waals surface area contributed by atoms with Crippen LogP contribution in [0.15, 0.2) is 83.7 Å². The van der Waals surface area contributed by atoms with Gasteiger partial charge in [0.05, 0.1) is 6.42 Å². The minimum absolute atomic E-state index is 0.0318. The first-order valence-corrected chi connectivity index (χ1v) is 9.04. The molecule has 0 saturated carbocycles. The number of nitrogens with zero attached hydrogens (tertiary/aromatic N) is 2. The molecule has 0 fully saturated rings. The number of hydrogen-bond acceptors (Lipinski definition) is 2. The molecule has 1 N–H and O–H groups in total. The van der Waals surface area contributed by atoms with Gasteiger partial charge in [0.25, 0.3) is 0 Å². The molecular formula is C21H16BrN3O. The minimum Gasteiger partial charge on any atom is -0.326 e. The lowest BCUT2D eigenvalue weighted by atomic mass is 10.0. The Kier molecular flexibility index (Phi) is 4.54. The van der Waals surface area contributed by atoms with Gasteiger partial charge in [-0.1, -0.05) is 46.3 Å². The molecule has 4 nitrogen and oxygen atoms in total. The molecule has 0 unspecified atom stereocenters. The van der Waals surface area contributed by atoms with Gasteiger partial charge in [-0.25, -0.2) is 4.98 Å². The Labute approximate surface area is 159 Å². The average molecular weight is 406 g/mol. The van der Waals surface area contributed by atoms with Crippen molar-refractivity contribution in [2.75, 3.05) is 5.32 Å². The third-order valence-electron chi connectivity index (χ3n) is 4.15. The first-order valence-electron chi connectivity index (χ1n) is 8.25. The Morgan fingerprint density at radius 2 is 1.85 bits per heavy atom. The number of nitrogens with one attached hydrogen (secondary N) is 1. The maximum absolute atomic E-state index is 12.2. The fourth-order valence-electron chi connectivity index (χ4n) is 2.86. The molecule has 0 spiro atoms. The van der Waals surface area contributed by atoms with Gasteiger partial charge in [0.2, 0.25) is 5.91 Å². The van der Waals surface area contributed by atoms with Crippen LogP contribution in [0, 0.1) is 0 Å². The van der Waals surface area contributed by atoms with E-state index in [1.54, 1.807) is 6.20 Å². The van der Waals surface area contributed by atoms with Crippen LogP contribution in [0.4, 0.5) is 5.69 Å². The monoisotopic (exact) mass is 405 g/mol. The van der Waals surface area contributed by atoms with Crippen molar-refractivity contribution in [1.82, 2.24) is 9.38 Å². The molecule has 4 aromatic rings. The Bertz CT molecular complexity index is 1070. The zero-order valence-corrected chi connectivity index (χ0v) is 15.5. The van der Waals surface area contributed by atoms with Gasteiger partial charge in [-0.3, -0.25) is 4.79 Å². The summed E-state index contributed by atoms with van der Waals surface area (Å²) in [7, 11) is 0. The lowest BCUT2D eigenvalue weighted by Gasteiger charge is -2.07. The normalized spacial score (nSPS) is 10.8. The van der Waals surface area contributed by atoms with Gasteiger partial charge >= 0.3 is 0 Å². The van der Waals surface area contributed by atoms with Crippen molar-refractivity contribution in [3.63, 3.8) is 0 Å². The predicted octanol–water partition coefficient (Wildman–Crippen LogP) is 4.95. The van der Waals surface area contributed by atoms with E-state index in [2.05, 4.69) is 38.5 Å². The number of rotatable bonds is 4. The predicted molar refractivity (Wildman–Crippen MR) is 107 cm³/mol. The number of imidazole rings is 1. The molecule has 2 aromatic heterocycles. The van der Waals surface area contributed by atoms with E-state index in [1.807, 2.05) is 65.2 Å². The molecular weight excluding hydrogens is 390 g/mol. The van der Waals surface area contributed by atoms with Crippen molar-refractivity contribution in [2.24, 2.45) is 0 Å². The molecule has 2 heterocycles. The lowest BCUT2D eigenvalue weighted by Crippen LogP contribution is -2.14. The topological polar surface area (TPSA) is 46.4 Å². The van der Waals surface area contributed by atoms with E-state index in [0.29, 0.717) is 6.42 Å². The number of pyridine rings is 1. The number of benzene rings is 2. The number of amides is 1. The van der Waals surface area contributed by atoms with E-state index >= 15 is 0 Å². The van der Waals surface area contributed by atoms with E-state index in [1.165, 1.54) is 0 Å². The average Bonchev–Trinajstić information content (AvgIpc) is 3.10. The van der Waals surface area contributed by atoms with Gasteiger partial charge in [-0.05, 0) is 47.0 Å². The van der Waals surface area contributed by atoms with Gasteiger partial charge in [-0.2, -0.15) is 0 Å². The van der Waals surface area contributed by atoms with Gasteiger partial charge in [-0.15, -0.1) is 0 Å². The molecule has 0 bridgehead atoms. The highest BCUT2D eigenvalue weighted by molar-refractivity contribution is 9.10. The van der Waals surface area contributed by atoms with Crippen LogP contribution in [0.5, 0.6) is 0 Å². The van der Waals surface area contributed by atoms with Crippen LogP contribution >= 0.6 is 15.9 Å². The molecule has 0 saturated heterocycles. The Balaban J connectivity index is 1.46. The summed E-state index contributed by atoms with van der Waals surface area (Å²) in [6, 6.07) is 19.7. The fraction of sp³-hybridized carbons (Fsp3) is 0.0476. The summed E-state index contributed by atoms with van der Waals surface area (Å²) in [5, 5.41) is 2.92. The second kappa shape index (κ2) is 7.14. The maximum atomic E-state index is 12.2. The molecule has 128 valence electrons. The highest BCUT2D eigenvalue weighted by Crippen LogP contribution is 2.21. The third kappa shape index (κ3) is 3.68. The summed E-state index contributed by atoms with van der Waals surface area (Å²) in [5.74, 6) is -0.0318. The number of carbonyl (C=O) groups is 1. The van der Waals surface area contributed by atoms with Gasteiger partial charge < -0.3 is 9.72 Å². The quantitative estimate of drug-likeness (QED) is 0.522. The SMILES string of the molecule is O=C(Cc1ccc(-c2ccc3nccn3c2)cc1)Nc1cccc(Br)c1. The van der Waals surface area contributed by atoms with E-state index in [-0.39, 0.29) is 5.91 Å². The van der Waals surface area contributed by atoms with Crippen molar-refractivity contribution in [3.8, 4) is 11.1 Å². The first kappa shape index (κ1) is 16.5. The molecule has 1 amide bonds. The number of carbonyl (C=O) groups excluding carboxylic acids is 1. The second-order valence-electron chi connectivity index (χ2n) is 6.04. The molecule has 26 heavy (non-hydrogen) atoms. The molecule has 0 aliphatic rings. The zero-order chi connectivity index (χ0) is 17.9. The fourth-order valence-corrected chi connectivity index (χ4v) is 3.26. The molecule has 4 rings (SSSR count). The summed E-state index contributed by atoms with van der Waals surface area (Å²) in [5.41, 5.74) is 4.91. The minimum atomic E-state index is -0.0318. The van der Waals surface area contributed by atoms with Gasteiger partial charge in [0.1, 0.15) is 5.65 Å². The Hall–Kier alpha value is -2.92. The van der Waals surface area contributed by atoms with E-state index in [4.69, 9.17) is 0 Å². The highest BCUT2D eigenvalue weighted by Gasteiger charge is 2.06. The van der Waals surface area contributed by atoms with Crippen LogP contribution in [-0.4, -0.2) is 15.3 Å². The van der Waals surface area contributed by atoms with Crippen LogP contribution in [-0.2, 0) is 11.2 Å². The number of anilines is 1. The molecule has 0 atom stereocenters. The molecule has 0 aliphatic carbocycles. The van der Waals surface area contributed by atoms with Gasteiger partial charge in [0, 0.05) is 28.8 Å². The number of aromatic nitrogens is 2. The van der Waals surface area contributed by atoms with Gasteiger partial charge in [0.15, 0.2) is 0 Å². The second-order valence-corrected chi connectivity index (χ2v) is 6.96. The van der Waals surface area contributed by atoms with Crippen LogP contribution in [0.3, 0.4) is 0 Å².